The predicted molar refractivity (Wildman–Crippen MR) is 128 cm³/mol. The van der Waals surface area contributed by atoms with Crippen LogP contribution < -0.4 is 20.0 Å². The summed E-state index contributed by atoms with van der Waals surface area (Å²) in [4.78, 5) is 18.9. The molecule has 1 atom stereocenters. The molecule has 2 aromatic carbocycles. The van der Waals surface area contributed by atoms with Crippen molar-refractivity contribution in [2.45, 2.75) is 31.7 Å². The molecule has 2 N–H and O–H groups in total. The van der Waals surface area contributed by atoms with Gasteiger partial charge < -0.3 is 20.0 Å². The van der Waals surface area contributed by atoms with Crippen LogP contribution in [0.3, 0.4) is 0 Å². The van der Waals surface area contributed by atoms with E-state index < -0.39 is 0 Å². The molecule has 2 aromatic rings. The number of carbonyl (C=O) groups excluding carboxylic acids is 1. The second-order valence-corrected chi connectivity index (χ2v) is 9.25. The Morgan fingerprint density at radius 1 is 1.03 bits per heavy atom. The molecule has 0 unspecified atom stereocenters. The van der Waals surface area contributed by atoms with Gasteiger partial charge in [-0.05, 0) is 37.1 Å². The molecular formula is C26H37N4O+. The van der Waals surface area contributed by atoms with Crippen LogP contribution in [-0.4, -0.2) is 52.7 Å². The first kappa shape index (κ1) is 21.7. The molecule has 1 saturated carbocycles. The van der Waals surface area contributed by atoms with Gasteiger partial charge in [0.2, 0.25) is 5.91 Å². The van der Waals surface area contributed by atoms with Crippen LogP contribution in [0.4, 0.5) is 11.4 Å². The molecule has 1 saturated heterocycles. The third-order valence-electron chi connectivity index (χ3n) is 7.04. The average Bonchev–Trinajstić information content (AvgIpc) is 3.36. The largest absolute Gasteiger partial charge is 0.378 e. The maximum absolute atomic E-state index is 12.7. The van der Waals surface area contributed by atoms with Gasteiger partial charge in [0.25, 0.3) is 0 Å². The zero-order valence-corrected chi connectivity index (χ0v) is 19.0. The summed E-state index contributed by atoms with van der Waals surface area (Å²) < 4.78 is 0. The van der Waals surface area contributed by atoms with Gasteiger partial charge in [0.1, 0.15) is 6.04 Å². The van der Waals surface area contributed by atoms with Gasteiger partial charge in [-0.3, -0.25) is 4.79 Å². The van der Waals surface area contributed by atoms with Crippen LogP contribution in [0.1, 0.15) is 37.3 Å². The Balaban J connectivity index is 1.44. The average molecular weight is 422 g/mol. The molecule has 1 amide bonds. The van der Waals surface area contributed by atoms with Gasteiger partial charge in [-0.15, -0.1) is 0 Å². The van der Waals surface area contributed by atoms with Crippen molar-refractivity contribution < 1.29 is 9.69 Å². The number of carbonyl (C=O) groups is 1. The standard InChI is InChI=1S/C26H36N4O/c1-28(2)23-14-12-21(13-15-23)25(20-27-26(31)22-8-6-7-9-22)30-18-16-29(17-19-30)24-10-4-3-5-11-24/h3-5,10-15,22,25H,6-9,16-20H2,1-2H3,(H,27,31)/p+1/t25-/m0/s1. The molecule has 4 rings (SSSR count). The van der Waals surface area contributed by atoms with Gasteiger partial charge in [-0.25, -0.2) is 0 Å². The molecule has 1 aliphatic carbocycles. The summed E-state index contributed by atoms with van der Waals surface area (Å²) in [5, 5.41) is 3.32. The van der Waals surface area contributed by atoms with Crippen LogP contribution in [0.15, 0.2) is 54.6 Å². The Morgan fingerprint density at radius 3 is 2.29 bits per heavy atom. The fourth-order valence-electron chi connectivity index (χ4n) is 5.08. The lowest BCUT2D eigenvalue weighted by atomic mass is 10.0. The summed E-state index contributed by atoms with van der Waals surface area (Å²) in [6, 6.07) is 19.9. The van der Waals surface area contributed by atoms with Gasteiger partial charge in [0.15, 0.2) is 0 Å². The molecule has 0 aromatic heterocycles. The van der Waals surface area contributed by atoms with Crippen LogP contribution in [0.25, 0.3) is 0 Å². The number of hydrogen-bond acceptors (Lipinski definition) is 3. The van der Waals surface area contributed by atoms with Crippen LogP contribution in [0.2, 0.25) is 0 Å². The number of para-hydroxylation sites is 1. The first-order valence-corrected chi connectivity index (χ1v) is 11.8. The zero-order valence-electron chi connectivity index (χ0n) is 19.0. The summed E-state index contributed by atoms with van der Waals surface area (Å²) in [7, 11) is 4.14. The number of piperazine rings is 1. The Hall–Kier alpha value is -2.53. The molecule has 5 heteroatoms. The Labute approximate surface area is 187 Å². The van der Waals surface area contributed by atoms with Crippen molar-refractivity contribution in [2.75, 3.05) is 56.6 Å². The molecule has 0 radical (unpaired) electrons. The quantitative estimate of drug-likeness (QED) is 0.722. The fraction of sp³-hybridized carbons (Fsp3) is 0.500. The van der Waals surface area contributed by atoms with Crippen molar-refractivity contribution >= 4 is 17.3 Å². The molecule has 2 fully saturated rings. The molecular weight excluding hydrogens is 384 g/mol. The van der Waals surface area contributed by atoms with Gasteiger partial charge in [0, 0.05) is 37.0 Å². The van der Waals surface area contributed by atoms with E-state index in [9.17, 15) is 4.79 Å². The topological polar surface area (TPSA) is 40.0 Å². The van der Waals surface area contributed by atoms with Gasteiger partial charge in [0.05, 0.1) is 32.7 Å². The Morgan fingerprint density at radius 2 is 1.68 bits per heavy atom. The third-order valence-corrected chi connectivity index (χ3v) is 7.04. The van der Waals surface area contributed by atoms with Gasteiger partial charge >= 0.3 is 0 Å². The van der Waals surface area contributed by atoms with Crippen molar-refractivity contribution in [1.29, 1.82) is 0 Å². The molecule has 2 aliphatic rings. The number of benzene rings is 2. The lowest BCUT2D eigenvalue weighted by molar-refractivity contribution is -0.931. The predicted octanol–water partition coefficient (Wildman–Crippen LogP) is 2.51. The van der Waals surface area contributed by atoms with E-state index in [-0.39, 0.29) is 11.8 Å². The summed E-state index contributed by atoms with van der Waals surface area (Å²) >= 11 is 0. The maximum Gasteiger partial charge on any atom is 0.223 e. The number of anilines is 2. The highest BCUT2D eigenvalue weighted by Crippen LogP contribution is 2.25. The number of nitrogens with zero attached hydrogens (tertiary/aromatic N) is 2. The SMILES string of the molecule is CN(C)c1ccc([C@H](CNC(=O)C2CCCC2)[NH+]2CCN(c3ccccc3)CC2)cc1. The van der Waals surface area contributed by atoms with E-state index in [1.54, 1.807) is 4.90 Å². The molecule has 1 heterocycles. The fourth-order valence-corrected chi connectivity index (χ4v) is 5.08. The third kappa shape index (κ3) is 5.40. The van der Waals surface area contributed by atoms with E-state index >= 15 is 0 Å². The Bertz CT molecular complexity index is 822. The van der Waals surface area contributed by atoms with Crippen molar-refractivity contribution in [3.05, 3.63) is 60.2 Å². The van der Waals surface area contributed by atoms with E-state index in [2.05, 4.69) is 83.8 Å². The first-order valence-electron chi connectivity index (χ1n) is 11.8. The smallest absolute Gasteiger partial charge is 0.223 e. The molecule has 1 aliphatic heterocycles. The molecule has 0 bridgehead atoms. The van der Waals surface area contributed by atoms with Crippen molar-refractivity contribution in [1.82, 2.24) is 5.32 Å². The summed E-state index contributed by atoms with van der Waals surface area (Å²) in [6.07, 6.45) is 4.49. The normalized spacial score (nSPS) is 18.7. The summed E-state index contributed by atoms with van der Waals surface area (Å²) in [5.74, 6) is 0.483. The molecule has 166 valence electrons. The van der Waals surface area contributed by atoms with Crippen LogP contribution in [0.5, 0.6) is 0 Å². The minimum atomic E-state index is 0.224. The van der Waals surface area contributed by atoms with Crippen molar-refractivity contribution in [3.8, 4) is 0 Å². The van der Waals surface area contributed by atoms with Crippen LogP contribution >= 0.6 is 0 Å². The van der Waals surface area contributed by atoms with Gasteiger partial charge in [-0.1, -0.05) is 43.2 Å². The van der Waals surface area contributed by atoms with Crippen LogP contribution in [0, 0.1) is 5.92 Å². The summed E-state index contributed by atoms with van der Waals surface area (Å²) in [5.41, 5.74) is 3.84. The second-order valence-electron chi connectivity index (χ2n) is 9.25. The van der Waals surface area contributed by atoms with Crippen molar-refractivity contribution in [2.24, 2.45) is 5.92 Å². The van der Waals surface area contributed by atoms with E-state index in [1.165, 1.54) is 29.8 Å². The Kier molecular flexibility index (Phi) is 7.13. The highest BCUT2D eigenvalue weighted by molar-refractivity contribution is 5.78. The minimum Gasteiger partial charge on any atom is -0.378 e. The van der Waals surface area contributed by atoms with E-state index in [0.717, 1.165) is 45.6 Å². The molecule has 5 nitrogen and oxygen atoms in total. The van der Waals surface area contributed by atoms with Gasteiger partial charge in [-0.2, -0.15) is 0 Å². The number of hydrogen-bond donors (Lipinski definition) is 2. The maximum atomic E-state index is 12.7. The van der Waals surface area contributed by atoms with E-state index in [4.69, 9.17) is 0 Å². The van der Waals surface area contributed by atoms with E-state index in [1.807, 2.05) is 0 Å². The highest BCUT2D eigenvalue weighted by Gasteiger charge is 2.30. The minimum absolute atomic E-state index is 0.224. The monoisotopic (exact) mass is 421 g/mol. The lowest BCUT2D eigenvalue weighted by Gasteiger charge is -2.38. The highest BCUT2D eigenvalue weighted by atomic mass is 16.1. The molecule has 0 spiro atoms. The summed E-state index contributed by atoms with van der Waals surface area (Å²) in [6.45, 7) is 4.96. The number of nitrogens with one attached hydrogen (secondary N) is 2. The lowest BCUT2D eigenvalue weighted by Crippen LogP contribution is -3.15. The van der Waals surface area contributed by atoms with Crippen LogP contribution in [-0.2, 0) is 4.79 Å². The number of quaternary nitrogens is 1. The number of amides is 1. The van der Waals surface area contributed by atoms with E-state index in [0.29, 0.717) is 6.04 Å². The molecule has 31 heavy (non-hydrogen) atoms. The zero-order chi connectivity index (χ0) is 21.6. The number of rotatable bonds is 7. The van der Waals surface area contributed by atoms with Crippen molar-refractivity contribution in [3.63, 3.8) is 0 Å². The second kappa shape index (κ2) is 10.2. The first-order chi connectivity index (χ1) is 15.1.